The van der Waals surface area contributed by atoms with Crippen molar-refractivity contribution in [3.05, 3.63) is 11.8 Å². The predicted molar refractivity (Wildman–Crippen MR) is 85.3 cm³/mol. The van der Waals surface area contributed by atoms with Crippen LogP contribution in [0.4, 0.5) is 11.8 Å². The van der Waals surface area contributed by atoms with Crippen molar-refractivity contribution in [1.29, 1.82) is 0 Å². The van der Waals surface area contributed by atoms with Crippen LogP contribution in [0.1, 0.15) is 45.7 Å². The van der Waals surface area contributed by atoms with Gasteiger partial charge in [-0.3, -0.25) is 0 Å². The van der Waals surface area contributed by atoms with E-state index in [1.807, 2.05) is 13.0 Å². The molecular formula is C16H28N4. The second-order valence-corrected chi connectivity index (χ2v) is 6.50. The molecule has 1 aromatic heterocycles. The quantitative estimate of drug-likeness (QED) is 0.894. The molecule has 4 nitrogen and oxygen atoms in total. The summed E-state index contributed by atoms with van der Waals surface area (Å²) in [7, 11) is 0. The Hall–Kier alpha value is -1.32. The van der Waals surface area contributed by atoms with E-state index in [9.17, 15) is 0 Å². The van der Waals surface area contributed by atoms with Crippen LogP contribution in [0.5, 0.6) is 0 Å². The summed E-state index contributed by atoms with van der Waals surface area (Å²) < 4.78 is 0. The molecule has 0 radical (unpaired) electrons. The van der Waals surface area contributed by atoms with E-state index < -0.39 is 0 Å². The highest BCUT2D eigenvalue weighted by atomic mass is 15.3. The fraction of sp³-hybridized carbons (Fsp3) is 0.750. The van der Waals surface area contributed by atoms with Crippen molar-refractivity contribution in [1.82, 2.24) is 9.97 Å². The van der Waals surface area contributed by atoms with Gasteiger partial charge in [0, 0.05) is 31.4 Å². The fourth-order valence-corrected chi connectivity index (χ4v) is 2.64. The first kappa shape index (κ1) is 15.1. The van der Waals surface area contributed by atoms with Crippen molar-refractivity contribution in [3.8, 4) is 0 Å². The lowest BCUT2D eigenvalue weighted by Gasteiger charge is -2.31. The largest absolute Gasteiger partial charge is 0.370 e. The summed E-state index contributed by atoms with van der Waals surface area (Å²) in [6.45, 7) is 12.0. The first-order valence-corrected chi connectivity index (χ1v) is 7.89. The molecule has 0 saturated carbocycles. The van der Waals surface area contributed by atoms with Crippen LogP contribution in [0.2, 0.25) is 0 Å². The predicted octanol–water partition coefficient (Wildman–Crippen LogP) is 3.48. The zero-order valence-electron chi connectivity index (χ0n) is 13.3. The molecule has 0 bridgehead atoms. The maximum absolute atomic E-state index is 4.69. The van der Waals surface area contributed by atoms with Crippen LogP contribution in [0, 0.1) is 18.8 Å². The summed E-state index contributed by atoms with van der Waals surface area (Å²) in [5, 5.41) is 3.43. The van der Waals surface area contributed by atoms with Gasteiger partial charge >= 0.3 is 0 Å². The summed E-state index contributed by atoms with van der Waals surface area (Å²) in [5.41, 5.74) is 1.04. The number of anilines is 2. The van der Waals surface area contributed by atoms with Crippen LogP contribution in [0.25, 0.3) is 0 Å². The molecule has 20 heavy (non-hydrogen) atoms. The minimum Gasteiger partial charge on any atom is -0.370 e. The second-order valence-electron chi connectivity index (χ2n) is 6.50. The van der Waals surface area contributed by atoms with E-state index in [1.165, 1.54) is 19.3 Å². The topological polar surface area (TPSA) is 41.1 Å². The van der Waals surface area contributed by atoms with E-state index in [2.05, 4.69) is 36.0 Å². The van der Waals surface area contributed by atoms with Gasteiger partial charge in [0.05, 0.1) is 0 Å². The van der Waals surface area contributed by atoms with Gasteiger partial charge in [-0.1, -0.05) is 20.8 Å². The highest BCUT2D eigenvalue weighted by molar-refractivity contribution is 5.43. The van der Waals surface area contributed by atoms with Gasteiger partial charge in [0.15, 0.2) is 0 Å². The number of aryl methyl sites for hydroxylation is 1. The third kappa shape index (κ3) is 4.36. The molecule has 2 heterocycles. The van der Waals surface area contributed by atoms with E-state index in [1.54, 1.807) is 0 Å². The molecule has 1 aliphatic rings. The lowest BCUT2D eigenvalue weighted by atomic mass is 10.0. The molecule has 0 aliphatic carbocycles. The third-order valence-electron chi connectivity index (χ3n) is 3.81. The minimum atomic E-state index is 0.716. The van der Waals surface area contributed by atoms with Crippen molar-refractivity contribution in [3.63, 3.8) is 0 Å². The second kappa shape index (κ2) is 6.91. The molecule has 1 atom stereocenters. The number of nitrogens with one attached hydrogen (secondary N) is 1. The monoisotopic (exact) mass is 276 g/mol. The molecular weight excluding hydrogens is 248 g/mol. The molecule has 112 valence electrons. The maximum Gasteiger partial charge on any atom is 0.227 e. The van der Waals surface area contributed by atoms with E-state index in [-0.39, 0.29) is 0 Å². The van der Waals surface area contributed by atoms with Gasteiger partial charge in [-0.25, -0.2) is 4.98 Å². The summed E-state index contributed by atoms with van der Waals surface area (Å²) in [4.78, 5) is 11.6. The fourth-order valence-electron chi connectivity index (χ4n) is 2.64. The van der Waals surface area contributed by atoms with E-state index >= 15 is 0 Å². The van der Waals surface area contributed by atoms with Crippen molar-refractivity contribution >= 4 is 11.8 Å². The van der Waals surface area contributed by atoms with E-state index in [0.717, 1.165) is 43.0 Å². The highest BCUT2D eigenvalue weighted by Crippen LogP contribution is 2.21. The van der Waals surface area contributed by atoms with Crippen LogP contribution in [0.15, 0.2) is 6.07 Å². The average molecular weight is 276 g/mol. The molecule has 1 saturated heterocycles. The van der Waals surface area contributed by atoms with Gasteiger partial charge in [-0.2, -0.15) is 4.98 Å². The Morgan fingerprint density at radius 2 is 2.20 bits per heavy atom. The van der Waals surface area contributed by atoms with Gasteiger partial charge < -0.3 is 10.2 Å². The Morgan fingerprint density at radius 3 is 2.90 bits per heavy atom. The van der Waals surface area contributed by atoms with Crippen molar-refractivity contribution < 1.29 is 0 Å². The summed E-state index contributed by atoms with van der Waals surface area (Å²) in [6, 6.07) is 2.04. The van der Waals surface area contributed by atoms with Crippen LogP contribution in [-0.2, 0) is 0 Å². The first-order chi connectivity index (χ1) is 9.54. The molecule has 1 aromatic rings. The standard InChI is InChI=1S/C16H28N4/c1-12(2)7-8-17-15-10-14(4)18-16(19-15)20-9-5-6-13(3)11-20/h10,12-13H,5-9,11H2,1-4H3,(H,17,18,19). The number of aromatic nitrogens is 2. The normalized spacial score (nSPS) is 19.4. The molecule has 2 rings (SSSR count). The summed E-state index contributed by atoms with van der Waals surface area (Å²) in [6.07, 6.45) is 3.73. The SMILES string of the molecule is Cc1cc(NCCC(C)C)nc(N2CCCC(C)C2)n1. The molecule has 1 aliphatic heterocycles. The Kier molecular flexibility index (Phi) is 5.21. The smallest absolute Gasteiger partial charge is 0.227 e. The van der Waals surface area contributed by atoms with Gasteiger partial charge in [0.25, 0.3) is 0 Å². The zero-order valence-corrected chi connectivity index (χ0v) is 13.3. The molecule has 0 spiro atoms. The average Bonchev–Trinajstić information content (AvgIpc) is 2.37. The van der Waals surface area contributed by atoms with Crippen LogP contribution in [-0.4, -0.2) is 29.6 Å². The molecule has 0 aromatic carbocycles. The minimum absolute atomic E-state index is 0.716. The number of hydrogen-bond acceptors (Lipinski definition) is 4. The first-order valence-electron chi connectivity index (χ1n) is 7.89. The van der Waals surface area contributed by atoms with Gasteiger partial charge in [0.2, 0.25) is 5.95 Å². The lowest BCUT2D eigenvalue weighted by Crippen LogP contribution is -2.35. The molecule has 1 N–H and O–H groups in total. The lowest BCUT2D eigenvalue weighted by molar-refractivity contribution is 0.442. The Labute approximate surface area is 123 Å². The number of rotatable bonds is 5. The van der Waals surface area contributed by atoms with E-state index in [4.69, 9.17) is 4.98 Å². The Balaban J connectivity index is 2.03. The Bertz CT molecular complexity index is 430. The Morgan fingerprint density at radius 1 is 1.40 bits per heavy atom. The number of hydrogen-bond donors (Lipinski definition) is 1. The summed E-state index contributed by atoms with van der Waals surface area (Å²) in [5.74, 6) is 3.31. The number of piperidine rings is 1. The molecule has 1 fully saturated rings. The van der Waals surface area contributed by atoms with Crippen LogP contribution >= 0.6 is 0 Å². The highest BCUT2D eigenvalue weighted by Gasteiger charge is 2.19. The maximum atomic E-state index is 4.69. The molecule has 4 heteroatoms. The van der Waals surface area contributed by atoms with Gasteiger partial charge in [-0.15, -0.1) is 0 Å². The zero-order chi connectivity index (χ0) is 14.5. The summed E-state index contributed by atoms with van der Waals surface area (Å²) >= 11 is 0. The van der Waals surface area contributed by atoms with Crippen molar-refractivity contribution in [2.75, 3.05) is 29.9 Å². The van der Waals surface area contributed by atoms with Gasteiger partial charge in [0.1, 0.15) is 5.82 Å². The molecule has 1 unspecified atom stereocenters. The van der Waals surface area contributed by atoms with Crippen molar-refractivity contribution in [2.24, 2.45) is 11.8 Å². The molecule has 0 amide bonds. The van der Waals surface area contributed by atoms with Crippen molar-refractivity contribution in [2.45, 2.75) is 47.0 Å². The van der Waals surface area contributed by atoms with Crippen LogP contribution in [0.3, 0.4) is 0 Å². The van der Waals surface area contributed by atoms with Gasteiger partial charge in [-0.05, 0) is 38.0 Å². The van der Waals surface area contributed by atoms with Crippen LogP contribution < -0.4 is 10.2 Å². The number of nitrogens with zero attached hydrogens (tertiary/aromatic N) is 3. The van der Waals surface area contributed by atoms with E-state index in [0.29, 0.717) is 5.92 Å². The third-order valence-corrected chi connectivity index (χ3v) is 3.81.